The molecule has 0 saturated carbocycles. The number of aromatic hydroxyl groups is 1. The van der Waals surface area contributed by atoms with Crippen LogP contribution >= 0.6 is 23.5 Å². The maximum Gasteiger partial charge on any atom is 0.506 e. The van der Waals surface area contributed by atoms with Crippen LogP contribution in [0.15, 0.2) is 34.1 Å². The summed E-state index contributed by atoms with van der Waals surface area (Å²) in [6, 6.07) is 8.71. The minimum absolute atomic E-state index is 0.0380. The van der Waals surface area contributed by atoms with E-state index in [0.29, 0.717) is 5.75 Å². The predicted octanol–water partition coefficient (Wildman–Crippen LogP) is 10.4. The molecule has 0 aliphatic heterocycles. The van der Waals surface area contributed by atoms with Crippen LogP contribution in [-0.4, -0.2) is 20.4 Å². The Morgan fingerprint density at radius 3 is 1.23 bits per heavy atom. The highest BCUT2D eigenvalue weighted by atomic mass is 32.2. The first kappa shape index (κ1) is 33.4. The zero-order valence-electron chi connectivity index (χ0n) is 26.5. The van der Waals surface area contributed by atoms with Gasteiger partial charge in [-0.2, -0.15) is 0 Å². The molecule has 6 heteroatoms. The van der Waals surface area contributed by atoms with Crippen molar-refractivity contribution in [3.63, 3.8) is 0 Å². The Bertz CT molecular complexity index is 1130. The van der Waals surface area contributed by atoms with E-state index in [0.717, 1.165) is 37.6 Å². The van der Waals surface area contributed by atoms with Gasteiger partial charge in [-0.15, -0.1) is 23.5 Å². The molecule has 0 bridgehead atoms. The third-order valence-corrected chi connectivity index (χ3v) is 9.03. The molecule has 2 aromatic rings. The minimum atomic E-state index is -1.26. The van der Waals surface area contributed by atoms with Crippen LogP contribution in [0.5, 0.6) is 5.75 Å². The van der Waals surface area contributed by atoms with E-state index in [-0.39, 0.29) is 32.3 Å². The van der Waals surface area contributed by atoms with Gasteiger partial charge in [0.2, 0.25) is 0 Å². The van der Waals surface area contributed by atoms with Gasteiger partial charge in [0.25, 0.3) is 0 Å². The second-order valence-corrected chi connectivity index (χ2v) is 18.7. The van der Waals surface area contributed by atoms with E-state index < -0.39 is 6.16 Å². The zero-order valence-corrected chi connectivity index (χ0v) is 28.2. The summed E-state index contributed by atoms with van der Waals surface area (Å²) in [5.74, 6) is 0.397. The van der Waals surface area contributed by atoms with E-state index in [1.807, 2.05) is 11.8 Å². The van der Waals surface area contributed by atoms with Gasteiger partial charge in [-0.25, -0.2) is 4.79 Å². The lowest BCUT2D eigenvalue weighted by Crippen LogP contribution is -2.23. The van der Waals surface area contributed by atoms with Gasteiger partial charge in [-0.1, -0.05) is 83.1 Å². The molecule has 0 amide bonds. The number of benzene rings is 2. The highest BCUT2D eigenvalue weighted by Crippen LogP contribution is 2.50. The summed E-state index contributed by atoms with van der Waals surface area (Å²) >= 11 is 3.61. The van der Waals surface area contributed by atoms with Crippen molar-refractivity contribution < 1.29 is 19.7 Å². The monoisotopic (exact) mass is 574 g/mol. The number of phenols is 1. The van der Waals surface area contributed by atoms with Gasteiger partial charge in [0.15, 0.2) is 0 Å². The molecule has 2 N–H and O–H groups in total. The van der Waals surface area contributed by atoms with Crippen molar-refractivity contribution in [1.29, 1.82) is 0 Å². The van der Waals surface area contributed by atoms with E-state index in [1.54, 1.807) is 11.8 Å². The second-order valence-electron chi connectivity index (χ2n) is 15.0. The SMILES string of the molecule is CC(C)(Sc1cc(C(C)(C)C)c(O)c(C(C)(C)C)c1)Sc1cc(C(C)(C)C)c(COC(=O)O)c(C(C)(C)C)c1. The van der Waals surface area contributed by atoms with Crippen LogP contribution < -0.4 is 0 Å². The molecule has 0 saturated heterocycles. The molecule has 2 rings (SSSR count). The third kappa shape index (κ3) is 8.85. The first-order valence-corrected chi connectivity index (χ1v) is 15.3. The number of ether oxygens (including phenoxy) is 1. The fourth-order valence-electron chi connectivity index (χ4n) is 4.73. The molecule has 0 radical (unpaired) electrons. The van der Waals surface area contributed by atoms with E-state index in [2.05, 4.69) is 121 Å². The van der Waals surface area contributed by atoms with E-state index in [9.17, 15) is 15.0 Å². The van der Waals surface area contributed by atoms with Gasteiger partial charge >= 0.3 is 6.16 Å². The highest BCUT2D eigenvalue weighted by Gasteiger charge is 2.31. The molecule has 0 aliphatic rings. The second kappa shape index (κ2) is 11.2. The van der Waals surface area contributed by atoms with Crippen LogP contribution in [0.25, 0.3) is 0 Å². The number of phenolic OH excluding ortho intramolecular Hbond substituents is 1. The normalized spacial score (nSPS) is 13.5. The Morgan fingerprint density at radius 1 is 0.641 bits per heavy atom. The fraction of sp³-hybridized carbons (Fsp3) is 0.606. The van der Waals surface area contributed by atoms with Gasteiger partial charge in [-0.05, 0) is 76.5 Å². The molecule has 0 fully saturated rings. The number of hydrogen-bond donors (Lipinski definition) is 2. The lowest BCUT2D eigenvalue weighted by atomic mass is 9.76. The summed E-state index contributed by atoms with van der Waals surface area (Å²) in [6.45, 7) is 30.3. The maximum atomic E-state index is 11.3. The zero-order chi connectivity index (χ0) is 30.4. The molecule has 0 unspecified atom stereocenters. The molecule has 0 spiro atoms. The third-order valence-electron chi connectivity index (χ3n) is 6.61. The first-order chi connectivity index (χ1) is 17.3. The molecular formula is C33H50O4S2. The van der Waals surface area contributed by atoms with Crippen molar-refractivity contribution in [3.8, 4) is 5.75 Å². The summed E-state index contributed by atoms with van der Waals surface area (Å²) in [7, 11) is 0. The Balaban J connectivity index is 2.62. The summed E-state index contributed by atoms with van der Waals surface area (Å²) in [5.41, 5.74) is 4.34. The van der Waals surface area contributed by atoms with E-state index >= 15 is 0 Å². The largest absolute Gasteiger partial charge is 0.507 e. The molecule has 0 heterocycles. The van der Waals surface area contributed by atoms with Gasteiger partial charge in [0.1, 0.15) is 12.4 Å². The van der Waals surface area contributed by atoms with E-state index in [1.165, 1.54) is 0 Å². The van der Waals surface area contributed by atoms with Gasteiger partial charge in [0, 0.05) is 20.9 Å². The molecule has 218 valence electrons. The van der Waals surface area contributed by atoms with Crippen molar-refractivity contribution in [1.82, 2.24) is 0 Å². The van der Waals surface area contributed by atoms with Gasteiger partial charge in [0.05, 0.1) is 4.08 Å². The number of carbonyl (C=O) groups is 1. The Labute approximate surface area is 245 Å². The fourth-order valence-corrected chi connectivity index (χ4v) is 7.32. The minimum Gasteiger partial charge on any atom is -0.507 e. The van der Waals surface area contributed by atoms with E-state index in [4.69, 9.17) is 4.74 Å². The summed E-state index contributed by atoms with van der Waals surface area (Å²) in [4.78, 5) is 13.6. The first-order valence-electron chi connectivity index (χ1n) is 13.6. The average molecular weight is 575 g/mol. The summed E-state index contributed by atoms with van der Waals surface area (Å²) < 4.78 is 4.87. The van der Waals surface area contributed by atoms with Crippen molar-refractivity contribution in [2.45, 2.75) is 139 Å². The molecule has 4 nitrogen and oxygen atoms in total. The standard InChI is InChI=1S/C33H50O4S2/c1-29(2,3)23-15-20(16-24(30(4,5)6)22(23)19-37-28(35)36)38-33(13,14)39-21-17-25(31(7,8)9)27(34)26(18-21)32(10,11)12/h15-18,34H,19H2,1-14H3,(H,35,36). The highest BCUT2D eigenvalue weighted by molar-refractivity contribution is 8.18. The number of thioether (sulfide) groups is 2. The number of carboxylic acid groups (broad SMARTS) is 1. The lowest BCUT2D eigenvalue weighted by molar-refractivity contribution is 0.0844. The van der Waals surface area contributed by atoms with Gasteiger partial charge in [-0.3, -0.25) is 0 Å². The molecule has 39 heavy (non-hydrogen) atoms. The summed E-state index contributed by atoms with van der Waals surface area (Å²) in [5, 5.41) is 20.4. The molecular weight excluding hydrogens is 524 g/mol. The van der Waals surface area contributed by atoms with Crippen molar-refractivity contribution in [3.05, 3.63) is 52.1 Å². The Kier molecular flexibility index (Phi) is 9.63. The van der Waals surface area contributed by atoms with Crippen LogP contribution in [0, 0.1) is 0 Å². The van der Waals surface area contributed by atoms with Crippen LogP contribution in [0.1, 0.15) is 125 Å². The van der Waals surface area contributed by atoms with Crippen molar-refractivity contribution in [2.24, 2.45) is 0 Å². The quantitative estimate of drug-likeness (QED) is 0.203. The number of hydrogen-bond acceptors (Lipinski definition) is 5. The molecule has 0 aliphatic carbocycles. The van der Waals surface area contributed by atoms with Crippen LogP contribution in [0.4, 0.5) is 4.79 Å². The molecule has 0 atom stereocenters. The maximum absolute atomic E-state index is 11.3. The molecule has 2 aromatic carbocycles. The Hall–Kier alpha value is -1.79. The predicted molar refractivity (Wildman–Crippen MR) is 168 cm³/mol. The lowest BCUT2D eigenvalue weighted by Gasteiger charge is -2.33. The van der Waals surface area contributed by atoms with Gasteiger partial charge < -0.3 is 14.9 Å². The van der Waals surface area contributed by atoms with Crippen LogP contribution in [0.2, 0.25) is 0 Å². The summed E-state index contributed by atoms with van der Waals surface area (Å²) in [6.07, 6.45) is -1.26. The topological polar surface area (TPSA) is 66.8 Å². The van der Waals surface area contributed by atoms with Crippen LogP contribution in [-0.2, 0) is 33.0 Å². The van der Waals surface area contributed by atoms with Crippen molar-refractivity contribution in [2.75, 3.05) is 0 Å². The number of rotatable bonds is 6. The molecule has 0 aromatic heterocycles. The smallest absolute Gasteiger partial charge is 0.506 e. The van der Waals surface area contributed by atoms with Crippen molar-refractivity contribution >= 4 is 29.7 Å². The average Bonchev–Trinajstić information content (AvgIpc) is 2.69. The Morgan fingerprint density at radius 2 is 0.949 bits per heavy atom. The van der Waals surface area contributed by atoms with Crippen LogP contribution in [0.3, 0.4) is 0 Å².